The quantitative estimate of drug-likeness (QED) is 0.273. The molecule has 0 aromatic heterocycles. The van der Waals surface area contributed by atoms with Crippen molar-refractivity contribution in [2.24, 2.45) is 17.4 Å². The Morgan fingerprint density at radius 2 is 1.24 bits per heavy atom. The number of carbonyl (C=O) groups is 5. The topological polar surface area (TPSA) is 183 Å². The van der Waals surface area contributed by atoms with E-state index in [1.165, 1.54) is 57.2 Å². The van der Waals surface area contributed by atoms with E-state index in [2.05, 4.69) is 10.6 Å². The van der Waals surface area contributed by atoms with Crippen molar-refractivity contribution in [1.29, 1.82) is 5.41 Å². The lowest BCUT2D eigenvalue weighted by molar-refractivity contribution is -0.138. The summed E-state index contributed by atoms with van der Waals surface area (Å²) in [6.07, 6.45) is 10.9. The Hall–Kier alpha value is -4.69. The Bertz CT molecular complexity index is 1710. The summed E-state index contributed by atoms with van der Waals surface area (Å²) in [5.41, 5.74) is 11.2. The highest BCUT2D eigenvalue weighted by Crippen LogP contribution is 2.28. The van der Waals surface area contributed by atoms with Gasteiger partial charge in [-0.2, -0.15) is 0 Å². The van der Waals surface area contributed by atoms with Crippen molar-refractivity contribution in [1.82, 2.24) is 19.6 Å². The van der Waals surface area contributed by atoms with Crippen LogP contribution in [0.1, 0.15) is 117 Å². The van der Waals surface area contributed by atoms with Crippen molar-refractivity contribution in [3.8, 4) is 0 Å². The number of piperidine rings is 2. The van der Waals surface area contributed by atoms with Gasteiger partial charge in [-0.3, -0.25) is 28.9 Å². The van der Waals surface area contributed by atoms with Crippen LogP contribution in [-0.4, -0.2) is 126 Å². The third-order valence-corrected chi connectivity index (χ3v) is 11.3. The van der Waals surface area contributed by atoms with Gasteiger partial charge in [0.25, 0.3) is 5.91 Å². The molecule has 0 atom stereocenters. The largest absolute Gasteiger partial charge is 0.375 e. The van der Waals surface area contributed by atoms with Crippen LogP contribution in [0.4, 0.5) is 4.39 Å². The van der Waals surface area contributed by atoms with Crippen LogP contribution in [-0.2, 0) is 25.5 Å². The van der Waals surface area contributed by atoms with Crippen LogP contribution in [0.5, 0.6) is 0 Å². The molecule has 2 aromatic carbocycles. The number of hydrogen-bond donors (Lipinski definition) is 3. The molecule has 3 heterocycles. The molecular weight excluding hydrogens is 742 g/mol. The Balaban J connectivity index is 0.00000117. The summed E-state index contributed by atoms with van der Waals surface area (Å²) in [5, 5.41) is 8.54. The Morgan fingerprint density at radius 3 is 1.83 bits per heavy atom. The standard InChI is InChI=1S/C40H53FN6O5.C2H5NO.C2H6/c41-35-11-10-29(25-36(42)32-8-4-5-9-33(32)39(43)50)24-34(35)40(51)47-22-20-46(21-23-47)38(49)27-44-16-12-30(13-17-44)52-31-14-18-45(19-15-31)37(48)26-28-6-2-1-3-7-28;1-2(3)4;1-2/h4-5,8-11,24,28,30-31,42H,1-3,6-7,12-23,25-27H2,(H2,43,50);1H3,(H2,3,4);1-2H3. The van der Waals surface area contributed by atoms with Gasteiger partial charge in [0.05, 0.1) is 24.3 Å². The first-order chi connectivity index (χ1) is 27.9. The van der Waals surface area contributed by atoms with E-state index >= 15 is 0 Å². The number of rotatable bonds is 11. The summed E-state index contributed by atoms with van der Waals surface area (Å²) in [7, 11) is 0. The minimum absolute atomic E-state index is 0.0275. The van der Waals surface area contributed by atoms with E-state index < -0.39 is 17.6 Å². The fourth-order valence-electron chi connectivity index (χ4n) is 8.21. The monoisotopic (exact) mass is 805 g/mol. The molecule has 4 aliphatic rings. The smallest absolute Gasteiger partial charge is 0.256 e. The van der Waals surface area contributed by atoms with Gasteiger partial charge >= 0.3 is 0 Å². The second-order valence-corrected chi connectivity index (χ2v) is 15.6. The van der Waals surface area contributed by atoms with Gasteiger partial charge in [0.1, 0.15) is 5.82 Å². The molecule has 13 nitrogen and oxygen atoms in total. The van der Waals surface area contributed by atoms with E-state index in [9.17, 15) is 28.4 Å². The first-order valence-corrected chi connectivity index (χ1v) is 21.1. The zero-order chi connectivity index (χ0) is 42.2. The predicted octanol–water partition coefficient (Wildman–Crippen LogP) is 4.78. The SMILES string of the molecule is CC.CC(N)=O.N=C(Cc1ccc(F)c(C(=O)N2CCN(C(=O)CN3CCC(OC4CCN(C(=O)CC5CCCCC5)CC4)CC3)CC2)c1)c1ccccc1C(N)=O. The second kappa shape index (κ2) is 23.0. The van der Waals surface area contributed by atoms with E-state index in [0.29, 0.717) is 62.1 Å². The first kappa shape index (κ1) is 46.0. The average Bonchev–Trinajstić information content (AvgIpc) is 3.23. The maximum atomic E-state index is 14.9. The highest BCUT2D eigenvalue weighted by molar-refractivity contribution is 6.09. The maximum Gasteiger partial charge on any atom is 0.256 e. The summed E-state index contributed by atoms with van der Waals surface area (Å²) in [6, 6.07) is 10.8. The minimum Gasteiger partial charge on any atom is -0.375 e. The number of hydrogen-bond acceptors (Lipinski definition) is 8. The number of likely N-dealkylation sites (tertiary alicyclic amines) is 2. The van der Waals surface area contributed by atoms with Gasteiger partial charge in [-0.1, -0.05) is 57.4 Å². The molecule has 3 aliphatic heterocycles. The van der Waals surface area contributed by atoms with Gasteiger partial charge in [-0.15, -0.1) is 0 Å². The van der Waals surface area contributed by atoms with Crippen LogP contribution >= 0.6 is 0 Å². The molecule has 0 bridgehead atoms. The van der Waals surface area contributed by atoms with Gasteiger partial charge < -0.3 is 36.3 Å². The van der Waals surface area contributed by atoms with Crippen molar-refractivity contribution in [3.63, 3.8) is 0 Å². The number of nitrogens with two attached hydrogens (primary N) is 2. The minimum atomic E-state index is -0.644. The predicted molar refractivity (Wildman–Crippen MR) is 222 cm³/mol. The molecule has 0 spiro atoms. The van der Waals surface area contributed by atoms with E-state index in [0.717, 1.165) is 51.9 Å². The lowest BCUT2D eigenvalue weighted by Gasteiger charge is -2.38. The number of amides is 5. The molecule has 2 aromatic rings. The molecular formula is C44H64FN7O6. The molecule has 1 aliphatic carbocycles. The third kappa shape index (κ3) is 13.7. The Morgan fingerprint density at radius 1 is 0.707 bits per heavy atom. The first-order valence-electron chi connectivity index (χ1n) is 21.1. The van der Waals surface area contributed by atoms with Crippen molar-refractivity contribution in [3.05, 3.63) is 70.5 Å². The lowest BCUT2D eigenvalue weighted by atomic mass is 9.86. The molecule has 1 saturated carbocycles. The summed E-state index contributed by atoms with van der Waals surface area (Å²) >= 11 is 0. The molecule has 3 saturated heterocycles. The highest BCUT2D eigenvalue weighted by atomic mass is 19.1. The zero-order valence-corrected chi connectivity index (χ0v) is 34.7. The van der Waals surface area contributed by atoms with E-state index in [1.54, 1.807) is 34.1 Å². The maximum absolute atomic E-state index is 14.9. The number of carbonyl (C=O) groups excluding carboxylic acids is 5. The summed E-state index contributed by atoms with van der Waals surface area (Å²) in [4.78, 5) is 68.0. The number of piperazine rings is 1. The third-order valence-electron chi connectivity index (χ3n) is 11.3. The molecule has 0 unspecified atom stereocenters. The van der Waals surface area contributed by atoms with Gasteiger partial charge in [-0.05, 0) is 68.2 Å². The molecule has 5 N–H and O–H groups in total. The molecule has 0 radical (unpaired) electrons. The van der Waals surface area contributed by atoms with Crippen molar-refractivity contribution < 1.29 is 33.1 Å². The fraction of sp³-hybridized carbons (Fsp3) is 0.591. The van der Waals surface area contributed by atoms with Crippen LogP contribution in [0.15, 0.2) is 42.5 Å². The normalized spacial score (nSPS) is 18.3. The number of nitrogens with one attached hydrogen (secondary N) is 1. The van der Waals surface area contributed by atoms with Crippen molar-refractivity contribution >= 4 is 35.2 Å². The molecule has 318 valence electrons. The van der Waals surface area contributed by atoms with E-state index in [4.69, 9.17) is 15.9 Å². The van der Waals surface area contributed by atoms with Crippen LogP contribution in [0, 0.1) is 17.1 Å². The van der Waals surface area contributed by atoms with Crippen LogP contribution < -0.4 is 11.5 Å². The average molecular weight is 806 g/mol. The van der Waals surface area contributed by atoms with Gasteiger partial charge in [0, 0.05) is 89.0 Å². The highest BCUT2D eigenvalue weighted by Gasteiger charge is 2.31. The number of nitrogens with zero attached hydrogens (tertiary/aromatic N) is 4. The number of benzene rings is 2. The molecule has 58 heavy (non-hydrogen) atoms. The van der Waals surface area contributed by atoms with E-state index in [1.807, 2.05) is 18.7 Å². The molecule has 6 rings (SSSR count). The fourth-order valence-corrected chi connectivity index (χ4v) is 8.21. The number of ether oxygens (including phenoxy) is 1. The molecule has 4 fully saturated rings. The summed E-state index contributed by atoms with van der Waals surface area (Å²) in [6.45, 7) is 10.1. The van der Waals surface area contributed by atoms with E-state index in [-0.39, 0.29) is 47.3 Å². The Labute approximate surface area is 343 Å². The molecule has 14 heteroatoms. The Kier molecular flexibility index (Phi) is 18.3. The van der Waals surface area contributed by atoms with Crippen molar-refractivity contribution in [2.75, 3.05) is 58.9 Å². The zero-order valence-electron chi connectivity index (χ0n) is 34.7. The number of halogens is 1. The number of primary amides is 2. The van der Waals surface area contributed by atoms with Crippen LogP contribution in [0.2, 0.25) is 0 Å². The summed E-state index contributed by atoms with van der Waals surface area (Å²) in [5.74, 6) is -1.15. The van der Waals surface area contributed by atoms with Crippen LogP contribution in [0.25, 0.3) is 0 Å². The van der Waals surface area contributed by atoms with Crippen molar-refractivity contribution in [2.45, 2.75) is 104 Å². The van der Waals surface area contributed by atoms with Crippen LogP contribution in [0.3, 0.4) is 0 Å². The second-order valence-electron chi connectivity index (χ2n) is 15.6. The van der Waals surface area contributed by atoms with Gasteiger partial charge in [-0.25, -0.2) is 4.39 Å². The van der Waals surface area contributed by atoms with Gasteiger partial charge in [0.15, 0.2) is 0 Å². The summed E-state index contributed by atoms with van der Waals surface area (Å²) < 4.78 is 21.4. The van der Waals surface area contributed by atoms with Gasteiger partial charge in [0.2, 0.25) is 23.6 Å². The lowest BCUT2D eigenvalue weighted by Crippen LogP contribution is -2.53. The molecule has 5 amide bonds.